The molecule has 0 saturated carbocycles. The summed E-state index contributed by atoms with van der Waals surface area (Å²) < 4.78 is 1.13. The van der Waals surface area contributed by atoms with Gasteiger partial charge in [-0.3, -0.25) is 10.7 Å². The van der Waals surface area contributed by atoms with E-state index in [4.69, 9.17) is 5.84 Å². The van der Waals surface area contributed by atoms with E-state index in [0.717, 1.165) is 30.7 Å². The third-order valence-corrected chi connectivity index (χ3v) is 2.54. The SMILES string of the molecule is NN1CCN(CI)CC1. The normalized spacial score (nSPS) is 24.7. The number of halogens is 1. The van der Waals surface area contributed by atoms with Crippen LogP contribution >= 0.6 is 22.6 Å². The third-order valence-electron chi connectivity index (χ3n) is 1.58. The van der Waals surface area contributed by atoms with Gasteiger partial charge in [0, 0.05) is 26.2 Å². The Hall–Kier alpha value is 0.610. The van der Waals surface area contributed by atoms with Crippen molar-refractivity contribution in [3.05, 3.63) is 0 Å². The first-order valence-electron chi connectivity index (χ1n) is 3.11. The summed E-state index contributed by atoms with van der Waals surface area (Å²) in [4.78, 5) is 2.39. The first kappa shape index (κ1) is 7.71. The van der Waals surface area contributed by atoms with Crippen LogP contribution in [0.4, 0.5) is 0 Å². The number of nitrogens with two attached hydrogens (primary N) is 1. The maximum atomic E-state index is 5.56. The van der Waals surface area contributed by atoms with Crippen molar-refractivity contribution in [2.24, 2.45) is 5.84 Å². The maximum Gasteiger partial charge on any atom is 0.0506 e. The second kappa shape index (κ2) is 3.70. The number of hydrazine groups is 1. The van der Waals surface area contributed by atoms with Crippen molar-refractivity contribution < 1.29 is 0 Å². The fourth-order valence-electron chi connectivity index (χ4n) is 0.883. The van der Waals surface area contributed by atoms with Gasteiger partial charge in [-0.2, -0.15) is 0 Å². The first-order chi connectivity index (χ1) is 4.33. The van der Waals surface area contributed by atoms with Crippen molar-refractivity contribution in [1.29, 1.82) is 0 Å². The average molecular weight is 241 g/mol. The highest BCUT2D eigenvalue weighted by atomic mass is 127. The molecule has 0 radical (unpaired) electrons. The summed E-state index contributed by atoms with van der Waals surface area (Å²) in [6, 6.07) is 0. The lowest BCUT2D eigenvalue weighted by atomic mass is 10.4. The minimum Gasteiger partial charge on any atom is -0.292 e. The van der Waals surface area contributed by atoms with Gasteiger partial charge in [0.1, 0.15) is 0 Å². The monoisotopic (exact) mass is 241 g/mol. The number of piperazine rings is 1. The molecule has 0 amide bonds. The van der Waals surface area contributed by atoms with E-state index in [1.54, 1.807) is 0 Å². The molecule has 0 aromatic rings. The van der Waals surface area contributed by atoms with Crippen molar-refractivity contribution in [2.75, 3.05) is 30.7 Å². The second-order valence-electron chi connectivity index (χ2n) is 2.27. The van der Waals surface area contributed by atoms with Crippen LogP contribution in [0.15, 0.2) is 0 Å². The summed E-state index contributed by atoms with van der Waals surface area (Å²) in [7, 11) is 0. The molecule has 1 saturated heterocycles. The van der Waals surface area contributed by atoms with Crippen LogP contribution in [0.5, 0.6) is 0 Å². The molecule has 1 rings (SSSR count). The predicted molar refractivity (Wildman–Crippen MR) is 46.2 cm³/mol. The van der Waals surface area contributed by atoms with Gasteiger partial charge < -0.3 is 0 Å². The molecule has 0 aromatic heterocycles. The van der Waals surface area contributed by atoms with Crippen LogP contribution in [-0.4, -0.2) is 40.6 Å². The molecule has 2 N–H and O–H groups in total. The Morgan fingerprint density at radius 1 is 1.22 bits per heavy atom. The first-order valence-corrected chi connectivity index (χ1v) is 4.63. The molecule has 9 heavy (non-hydrogen) atoms. The van der Waals surface area contributed by atoms with E-state index in [2.05, 4.69) is 27.5 Å². The molecule has 0 bridgehead atoms. The van der Waals surface area contributed by atoms with Crippen LogP contribution in [0, 0.1) is 0 Å². The van der Waals surface area contributed by atoms with E-state index < -0.39 is 0 Å². The topological polar surface area (TPSA) is 32.5 Å². The lowest BCUT2D eigenvalue weighted by Gasteiger charge is -2.30. The van der Waals surface area contributed by atoms with Crippen molar-refractivity contribution in [3.8, 4) is 0 Å². The third kappa shape index (κ3) is 2.37. The Morgan fingerprint density at radius 2 is 1.78 bits per heavy atom. The number of hydrogen-bond donors (Lipinski definition) is 1. The van der Waals surface area contributed by atoms with Gasteiger partial charge in [0.2, 0.25) is 0 Å². The molecule has 1 fully saturated rings. The average Bonchev–Trinajstić information content (AvgIpc) is 1.90. The van der Waals surface area contributed by atoms with Crippen molar-refractivity contribution in [1.82, 2.24) is 9.91 Å². The lowest BCUT2D eigenvalue weighted by Crippen LogP contribution is -2.48. The molecule has 0 spiro atoms. The van der Waals surface area contributed by atoms with E-state index in [1.165, 1.54) is 0 Å². The van der Waals surface area contributed by atoms with E-state index in [9.17, 15) is 0 Å². The summed E-state index contributed by atoms with van der Waals surface area (Å²) >= 11 is 2.38. The summed E-state index contributed by atoms with van der Waals surface area (Å²) in [5.74, 6) is 5.56. The van der Waals surface area contributed by atoms with Crippen molar-refractivity contribution >= 4 is 22.6 Å². The second-order valence-corrected chi connectivity index (χ2v) is 2.96. The van der Waals surface area contributed by atoms with Crippen molar-refractivity contribution in [2.45, 2.75) is 0 Å². The predicted octanol–water partition coefficient (Wildman–Crippen LogP) is -0.130. The van der Waals surface area contributed by atoms with Gasteiger partial charge in [-0.15, -0.1) is 0 Å². The van der Waals surface area contributed by atoms with Crippen LogP contribution in [0.1, 0.15) is 0 Å². The minimum atomic E-state index is 1.02. The van der Waals surface area contributed by atoms with Gasteiger partial charge in [0.25, 0.3) is 0 Å². The molecule has 1 heterocycles. The number of rotatable bonds is 1. The molecule has 0 atom stereocenters. The highest BCUT2D eigenvalue weighted by Crippen LogP contribution is 1.98. The molecule has 0 aliphatic carbocycles. The van der Waals surface area contributed by atoms with Gasteiger partial charge in [-0.05, 0) is 0 Å². The van der Waals surface area contributed by atoms with Gasteiger partial charge in [-0.25, -0.2) is 5.01 Å². The fourth-order valence-corrected chi connectivity index (χ4v) is 1.57. The summed E-state index contributed by atoms with van der Waals surface area (Å²) in [5, 5.41) is 1.88. The van der Waals surface area contributed by atoms with Crippen LogP contribution in [0.25, 0.3) is 0 Å². The minimum absolute atomic E-state index is 1.02. The zero-order chi connectivity index (χ0) is 6.69. The summed E-state index contributed by atoms with van der Waals surface area (Å²) in [5.41, 5.74) is 0. The van der Waals surface area contributed by atoms with Gasteiger partial charge in [0.15, 0.2) is 0 Å². The molecule has 1 aliphatic rings. The van der Waals surface area contributed by atoms with Crippen LogP contribution in [0.2, 0.25) is 0 Å². The Morgan fingerprint density at radius 3 is 2.22 bits per heavy atom. The number of hydrogen-bond acceptors (Lipinski definition) is 3. The molecule has 4 heteroatoms. The van der Waals surface area contributed by atoms with E-state index >= 15 is 0 Å². The highest BCUT2D eigenvalue weighted by Gasteiger charge is 2.11. The largest absolute Gasteiger partial charge is 0.292 e. The smallest absolute Gasteiger partial charge is 0.0506 e. The lowest BCUT2D eigenvalue weighted by molar-refractivity contribution is 0.154. The van der Waals surface area contributed by atoms with E-state index in [0.29, 0.717) is 0 Å². The van der Waals surface area contributed by atoms with Gasteiger partial charge in [0.05, 0.1) is 4.55 Å². The fraction of sp³-hybridized carbons (Fsp3) is 1.00. The highest BCUT2D eigenvalue weighted by molar-refractivity contribution is 14.1. The Bertz CT molecular complexity index is 80.3. The Balaban J connectivity index is 2.18. The molecule has 0 aromatic carbocycles. The molecular weight excluding hydrogens is 229 g/mol. The number of nitrogens with zero attached hydrogens (tertiary/aromatic N) is 2. The van der Waals surface area contributed by atoms with Crippen molar-refractivity contribution in [3.63, 3.8) is 0 Å². The Labute approximate surface area is 69.3 Å². The maximum absolute atomic E-state index is 5.56. The van der Waals surface area contributed by atoms with Crippen LogP contribution in [0.3, 0.4) is 0 Å². The zero-order valence-electron chi connectivity index (χ0n) is 5.39. The standard InChI is InChI=1S/C5H12IN3/c6-5-8-1-3-9(7)4-2-8/h1-5,7H2. The van der Waals surface area contributed by atoms with E-state index in [-0.39, 0.29) is 0 Å². The Kier molecular flexibility index (Phi) is 3.17. The van der Waals surface area contributed by atoms with E-state index in [1.807, 2.05) is 5.01 Å². The summed E-state index contributed by atoms with van der Waals surface area (Å²) in [6.45, 7) is 4.28. The number of alkyl halides is 1. The molecule has 0 unspecified atom stereocenters. The van der Waals surface area contributed by atoms with Gasteiger partial charge in [-0.1, -0.05) is 22.6 Å². The molecule has 1 aliphatic heterocycles. The van der Waals surface area contributed by atoms with Crippen LogP contribution in [-0.2, 0) is 0 Å². The zero-order valence-corrected chi connectivity index (χ0v) is 7.54. The quantitative estimate of drug-likeness (QED) is 0.300. The molecule has 3 nitrogen and oxygen atoms in total. The molecular formula is C5H12IN3. The van der Waals surface area contributed by atoms with Crippen LogP contribution < -0.4 is 5.84 Å². The van der Waals surface area contributed by atoms with Gasteiger partial charge >= 0.3 is 0 Å². The molecule has 54 valence electrons. The summed E-state index contributed by atoms with van der Waals surface area (Å²) in [6.07, 6.45) is 0.